The van der Waals surface area contributed by atoms with Gasteiger partial charge in [0.2, 0.25) is 0 Å². The SMILES string of the molecule is CCN(CC1CCCO1)c1cc(CO)cc(C(C)C)n1. The summed E-state index contributed by atoms with van der Waals surface area (Å²) < 4.78 is 5.72. The molecule has 1 unspecified atom stereocenters. The van der Waals surface area contributed by atoms with Crippen LogP contribution in [-0.2, 0) is 11.3 Å². The van der Waals surface area contributed by atoms with E-state index in [1.807, 2.05) is 12.1 Å². The van der Waals surface area contributed by atoms with Crippen LogP contribution in [0.2, 0.25) is 0 Å². The zero-order chi connectivity index (χ0) is 14.5. The first-order valence-electron chi connectivity index (χ1n) is 7.62. The number of aliphatic hydroxyl groups is 1. The lowest BCUT2D eigenvalue weighted by Gasteiger charge is -2.26. The second-order valence-electron chi connectivity index (χ2n) is 5.74. The van der Waals surface area contributed by atoms with Crippen LogP contribution < -0.4 is 4.90 Å². The number of likely N-dealkylation sites (N-methyl/N-ethyl adjacent to an activating group) is 1. The van der Waals surface area contributed by atoms with Gasteiger partial charge in [0, 0.05) is 25.4 Å². The van der Waals surface area contributed by atoms with Gasteiger partial charge < -0.3 is 14.7 Å². The van der Waals surface area contributed by atoms with Crippen LogP contribution in [0.1, 0.15) is 50.8 Å². The minimum absolute atomic E-state index is 0.0622. The van der Waals surface area contributed by atoms with Crippen molar-refractivity contribution in [1.82, 2.24) is 4.98 Å². The largest absolute Gasteiger partial charge is 0.392 e. The van der Waals surface area contributed by atoms with Crippen LogP contribution >= 0.6 is 0 Å². The van der Waals surface area contributed by atoms with Gasteiger partial charge in [0.1, 0.15) is 5.82 Å². The molecule has 1 atom stereocenters. The van der Waals surface area contributed by atoms with Crippen LogP contribution in [0.4, 0.5) is 5.82 Å². The Morgan fingerprint density at radius 2 is 2.25 bits per heavy atom. The summed E-state index contributed by atoms with van der Waals surface area (Å²) >= 11 is 0. The number of aromatic nitrogens is 1. The Morgan fingerprint density at radius 3 is 2.80 bits per heavy atom. The van der Waals surface area contributed by atoms with Crippen molar-refractivity contribution < 1.29 is 9.84 Å². The molecule has 1 aromatic rings. The van der Waals surface area contributed by atoms with Gasteiger partial charge in [-0.3, -0.25) is 0 Å². The molecule has 1 aliphatic rings. The molecule has 20 heavy (non-hydrogen) atoms. The zero-order valence-electron chi connectivity index (χ0n) is 12.8. The van der Waals surface area contributed by atoms with E-state index in [0.29, 0.717) is 12.0 Å². The Hall–Kier alpha value is -1.13. The topological polar surface area (TPSA) is 45.6 Å². The van der Waals surface area contributed by atoms with Crippen molar-refractivity contribution in [3.8, 4) is 0 Å². The van der Waals surface area contributed by atoms with Gasteiger partial charge in [-0.15, -0.1) is 0 Å². The van der Waals surface area contributed by atoms with Gasteiger partial charge in [0.15, 0.2) is 0 Å². The third-order valence-electron chi connectivity index (χ3n) is 3.82. The zero-order valence-corrected chi connectivity index (χ0v) is 12.8. The average molecular weight is 278 g/mol. The third kappa shape index (κ3) is 3.70. The van der Waals surface area contributed by atoms with Gasteiger partial charge in [0.25, 0.3) is 0 Å². The van der Waals surface area contributed by atoms with E-state index in [4.69, 9.17) is 9.72 Å². The summed E-state index contributed by atoms with van der Waals surface area (Å²) in [6.45, 7) is 9.12. The molecule has 4 nitrogen and oxygen atoms in total. The minimum Gasteiger partial charge on any atom is -0.392 e. The van der Waals surface area contributed by atoms with Crippen LogP contribution in [0.15, 0.2) is 12.1 Å². The van der Waals surface area contributed by atoms with Crippen molar-refractivity contribution in [1.29, 1.82) is 0 Å². The molecule has 2 heterocycles. The van der Waals surface area contributed by atoms with Crippen molar-refractivity contribution in [2.45, 2.75) is 52.2 Å². The first kappa shape index (κ1) is 15.3. The molecule has 0 spiro atoms. The standard InChI is InChI=1S/C16H26N2O2/c1-4-18(10-14-6-5-7-20-14)16-9-13(11-19)8-15(17-16)12(2)3/h8-9,12,14,19H,4-7,10-11H2,1-3H3. The number of nitrogens with zero attached hydrogens (tertiary/aromatic N) is 2. The summed E-state index contributed by atoms with van der Waals surface area (Å²) in [6.07, 6.45) is 2.61. The van der Waals surface area contributed by atoms with Gasteiger partial charge in [-0.2, -0.15) is 0 Å². The van der Waals surface area contributed by atoms with Gasteiger partial charge >= 0.3 is 0 Å². The lowest BCUT2D eigenvalue weighted by atomic mass is 10.1. The van der Waals surface area contributed by atoms with Crippen LogP contribution in [0.25, 0.3) is 0 Å². The van der Waals surface area contributed by atoms with E-state index in [1.165, 1.54) is 0 Å². The number of anilines is 1. The fourth-order valence-corrected chi connectivity index (χ4v) is 2.56. The number of rotatable bonds is 6. The van der Waals surface area contributed by atoms with E-state index < -0.39 is 0 Å². The molecule has 112 valence electrons. The number of aliphatic hydroxyl groups excluding tert-OH is 1. The number of ether oxygens (including phenoxy) is 1. The summed E-state index contributed by atoms with van der Waals surface area (Å²) in [4.78, 5) is 7.00. The quantitative estimate of drug-likeness (QED) is 0.869. The molecule has 4 heteroatoms. The van der Waals surface area contributed by atoms with Gasteiger partial charge in [-0.05, 0) is 43.4 Å². The van der Waals surface area contributed by atoms with Gasteiger partial charge in [0.05, 0.1) is 12.7 Å². The maximum atomic E-state index is 9.44. The molecule has 1 fully saturated rings. The van der Waals surface area contributed by atoms with Crippen LogP contribution in [0.5, 0.6) is 0 Å². The second kappa shape index (κ2) is 7.04. The maximum absolute atomic E-state index is 9.44. The molecule has 0 amide bonds. The maximum Gasteiger partial charge on any atom is 0.129 e. The highest BCUT2D eigenvalue weighted by Crippen LogP contribution is 2.22. The molecule has 1 N–H and O–H groups in total. The first-order chi connectivity index (χ1) is 9.63. The van der Waals surface area contributed by atoms with Crippen LogP contribution in [-0.4, -0.2) is 35.9 Å². The predicted octanol–water partition coefficient (Wildman–Crippen LogP) is 2.70. The van der Waals surface area contributed by atoms with Crippen molar-refractivity contribution >= 4 is 5.82 Å². The van der Waals surface area contributed by atoms with Crippen molar-refractivity contribution in [3.63, 3.8) is 0 Å². The molecule has 0 saturated carbocycles. The van der Waals surface area contributed by atoms with Crippen molar-refractivity contribution in [2.75, 3.05) is 24.6 Å². The summed E-state index contributed by atoms with van der Waals surface area (Å²) in [5, 5.41) is 9.44. The Balaban J connectivity index is 2.20. The highest BCUT2D eigenvalue weighted by molar-refractivity contribution is 5.43. The molecule has 2 rings (SSSR count). The summed E-state index contributed by atoms with van der Waals surface area (Å²) in [7, 11) is 0. The Kier molecular flexibility index (Phi) is 5.38. The van der Waals surface area contributed by atoms with E-state index >= 15 is 0 Å². The molecule has 1 aromatic heterocycles. The molecular weight excluding hydrogens is 252 g/mol. The Labute approximate surface area is 121 Å². The number of hydrogen-bond acceptors (Lipinski definition) is 4. The highest BCUT2D eigenvalue weighted by atomic mass is 16.5. The second-order valence-corrected chi connectivity index (χ2v) is 5.74. The molecule has 1 aliphatic heterocycles. The molecule has 1 saturated heterocycles. The normalized spacial score (nSPS) is 18.8. The van der Waals surface area contributed by atoms with E-state index in [9.17, 15) is 5.11 Å². The number of pyridine rings is 1. The van der Waals surface area contributed by atoms with Gasteiger partial charge in [-0.25, -0.2) is 4.98 Å². The highest BCUT2D eigenvalue weighted by Gasteiger charge is 2.20. The summed E-state index contributed by atoms with van der Waals surface area (Å²) in [6, 6.07) is 3.98. The first-order valence-corrected chi connectivity index (χ1v) is 7.62. The van der Waals surface area contributed by atoms with E-state index in [1.54, 1.807) is 0 Å². The van der Waals surface area contributed by atoms with E-state index in [2.05, 4.69) is 25.7 Å². The minimum atomic E-state index is 0.0622. The summed E-state index contributed by atoms with van der Waals surface area (Å²) in [5.41, 5.74) is 1.97. The number of hydrogen-bond donors (Lipinski definition) is 1. The van der Waals surface area contributed by atoms with E-state index in [0.717, 1.165) is 49.6 Å². The third-order valence-corrected chi connectivity index (χ3v) is 3.82. The smallest absolute Gasteiger partial charge is 0.129 e. The summed E-state index contributed by atoms with van der Waals surface area (Å²) in [5.74, 6) is 1.32. The van der Waals surface area contributed by atoms with Crippen molar-refractivity contribution in [3.05, 3.63) is 23.4 Å². The van der Waals surface area contributed by atoms with Crippen molar-refractivity contribution in [2.24, 2.45) is 0 Å². The molecule has 0 aromatic carbocycles. The Morgan fingerprint density at radius 1 is 1.45 bits per heavy atom. The molecule has 0 bridgehead atoms. The lowest BCUT2D eigenvalue weighted by Crippen LogP contribution is -2.33. The lowest BCUT2D eigenvalue weighted by molar-refractivity contribution is 0.115. The van der Waals surface area contributed by atoms with Gasteiger partial charge in [-0.1, -0.05) is 13.8 Å². The fraction of sp³-hybridized carbons (Fsp3) is 0.688. The van der Waals surface area contributed by atoms with Crippen LogP contribution in [0.3, 0.4) is 0 Å². The predicted molar refractivity (Wildman–Crippen MR) is 81.1 cm³/mol. The molecule has 0 radical (unpaired) electrons. The fourth-order valence-electron chi connectivity index (χ4n) is 2.56. The monoisotopic (exact) mass is 278 g/mol. The molecular formula is C16H26N2O2. The Bertz CT molecular complexity index is 428. The van der Waals surface area contributed by atoms with E-state index in [-0.39, 0.29) is 6.61 Å². The average Bonchev–Trinajstić information content (AvgIpc) is 2.97. The van der Waals surface area contributed by atoms with Crippen LogP contribution in [0, 0.1) is 0 Å². The molecule has 0 aliphatic carbocycles.